The van der Waals surface area contributed by atoms with E-state index in [4.69, 9.17) is 21.1 Å². The summed E-state index contributed by atoms with van der Waals surface area (Å²) in [7, 11) is -1.00. The number of aromatic hydroxyl groups is 2. The summed E-state index contributed by atoms with van der Waals surface area (Å²) >= 11 is 0. The van der Waals surface area contributed by atoms with Crippen LogP contribution in [-0.4, -0.2) is 35.7 Å². The molecule has 2 N–H and O–H groups in total. The Morgan fingerprint density at radius 2 is 1.17 bits per heavy atom. The van der Waals surface area contributed by atoms with E-state index in [0.29, 0.717) is 42.1 Å². The number of alkyl halides is 1. The lowest BCUT2D eigenvalue weighted by Gasteiger charge is -2.10. The predicted molar refractivity (Wildman–Crippen MR) is 181 cm³/mol. The minimum atomic E-state index is -1.00. The number of ether oxygens (including phenoxy) is 2. The summed E-state index contributed by atoms with van der Waals surface area (Å²) in [4.78, 5) is 32.5. The zero-order chi connectivity index (χ0) is 35.3. The molecule has 0 aromatic heterocycles. The third kappa shape index (κ3) is 13.0. The zero-order valence-electron chi connectivity index (χ0n) is 27.6. The molecule has 5 rings (SSSR count). The summed E-state index contributed by atoms with van der Waals surface area (Å²) < 4.78 is 26.9. The molecule has 0 aliphatic heterocycles. The molecule has 0 amide bonds. The number of Topliss-reactive ketones (excluding diaryl/α,β-unsaturated/α-hetero) is 1. The van der Waals surface area contributed by atoms with Crippen molar-refractivity contribution in [3.8, 4) is 23.0 Å². The zero-order valence-corrected chi connectivity index (χ0v) is 26.6. The van der Waals surface area contributed by atoms with Gasteiger partial charge in [0.1, 0.15) is 36.2 Å². The number of aldehydes is 2. The van der Waals surface area contributed by atoms with Crippen LogP contribution < -0.4 is 9.47 Å². The Morgan fingerprint density at radius 3 is 1.66 bits per heavy atom. The summed E-state index contributed by atoms with van der Waals surface area (Å²) in [5.74, 6) is 1.08. The Kier molecular flexibility index (Phi) is 15.4. The van der Waals surface area contributed by atoms with Gasteiger partial charge in [-0.1, -0.05) is 72.8 Å². The van der Waals surface area contributed by atoms with Crippen LogP contribution in [0.2, 0.25) is 0 Å². The molecule has 5 aromatic rings. The van der Waals surface area contributed by atoms with Crippen molar-refractivity contribution in [1.29, 1.82) is 0 Å². The molecule has 47 heavy (non-hydrogen) atoms. The van der Waals surface area contributed by atoms with E-state index in [1.807, 2.05) is 105 Å². The summed E-state index contributed by atoms with van der Waals surface area (Å²) in [5, 5.41) is 17.7. The van der Waals surface area contributed by atoms with Gasteiger partial charge in [0.2, 0.25) is 0 Å². The van der Waals surface area contributed by atoms with Gasteiger partial charge in [-0.25, -0.2) is 0 Å². The minimum absolute atomic E-state index is 0.0260. The average molecular weight is 640 g/mol. The van der Waals surface area contributed by atoms with Gasteiger partial charge in [0, 0.05) is 6.07 Å². The number of phenols is 2. The van der Waals surface area contributed by atoms with Crippen LogP contribution >= 0.6 is 0 Å². The summed E-state index contributed by atoms with van der Waals surface area (Å²) in [6.07, 6.45) is 1.34. The fourth-order valence-corrected chi connectivity index (χ4v) is 4.01. The van der Waals surface area contributed by atoms with Gasteiger partial charge in [0.25, 0.3) is 0 Å². The van der Waals surface area contributed by atoms with Gasteiger partial charge >= 0.3 is 0 Å². The van der Waals surface area contributed by atoms with Crippen LogP contribution in [0.3, 0.4) is 0 Å². The number of carbonyl (C=O) groups excluding carboxylic acids is 3. The number of phenolic OH excluding ortho intramolecular Hbond substituents is 2. The first-order valence-electron chi connectivity index (χ1n) is 15.2. The Bertz CT molecular complexity index is 1730. The number of aryl methyl sites for hydroxylation is 2. The molecule has 0 radical (unpaired) electrons. The monoisotopic (exact) mass is 639 g/mol. The quantitative estimate of drug-likeness (QED) is 0.123. The van der Waals surface area contributed by atoms with Crippen LogP contribution in [0, 0.1) is 13.8 Å². The van der Waals surface area contributed by atoms with Gasteiger partial charge in [0.15, 0.2) is 18.4 Å². The standard InChI is InChI=1S/C16H16O2.C15H14O2.C7H6O3.CH3F/c1-12-8-9-15(13(2)17)16(10-12)18-11-14-6-4-3-5-7-14;1-12-7-8-14(10-16)15(9-12)17-11-13-5-3-2-4-6-13;8-4-5-1-2-6(9)3-7(5)10;1-2/h3-10H,11H2,1-2H3;2-10H,11H2,1H3;1-4,9-10H;1H3/i;;;1D. The Labute approximate surface area is 276 Å². The Morgan fingerprint density at radius 1 is 0.702 bits per heavy atom. The molecule has 0 bridgehead atoms. The topological polar surface area (TPSA) is 110 Å². The number of ketones is 1. The number of benzene rings is 5. The van der Waals surface area contributed by atoms with E-state index >= 15 is 0 Å². The van der Waals surface area contributed by atoms with Crippen molar-refractivity contribution in [2.75, 3.05) is 7.15 Å². The summed E-state index contributed by atoms with van der Waals surface area (Å²) in [6, 6.07) is 34.8. The molecule has 0 atom stereocenters. The smallest absolute Gasteiger partial charge is 0.163 e. The first-order chi connectivity index (χ1) is 23.1. The largest absolute Gasteiger partial charge is 0.508 e. The van der Waals surface area contributed by atoms with E-state index < -0.39 is 7.15 Å². The van der Waals surface area contributed by atoms with Crippen LogP contribution in [0.25, 0.3) is 0 Å². The van der Waals surface area contributed by atoms with Crippen LogP contribution in [0.4, 0.5) is 4.39 Å². The van der Waals surface area contributed by atoms with Crippen molar-refractivity contribution in [2.24, 2.45) is 0 Å². The van der Waals surface area contributed by atoms with Crippen molar-refractivity contribution in [3.63, 3.8) is 0 Å². The highest BCUT2D eigenvalue weighted by atomic mass is 19.1. The van der Waals surface area contributed by atoms with Gasteiger partial charge in [0.05, 0.1) is 25.2 Å². The SMILES string of the molecule is CC(=O)c1ccc(C)cc1OCc1ccccc1.Cc1ccc(C=O)c(OCc2ccccc2)c1.O=Cc1ccc(O)cc1O.[2H]CF. The Balaban J connectivity index is 0.000000249. The third-order valence-electron chi connectivity index (χ3n) is 6.43. The molecule has 0 unspecified atom stereocenters. The highest BCUT2D eigenvalue weighted by Gasteiger charge is 2.09. The van der Waals surface area contributed by atoms with Crippen molar-refractivity contribution in [3.05, 3.63) is 154 Å². The maximum absolute atomic E-state index is 11.5. The molecule has 0 fully saturated rings. The molecule has 8 heteroatoms. The summed E-state index contributed by atoms with van der Waals surface area (Å²) in [5.41, 5.74) is 5.75. The molecule has 0 aliphatic carbocycles. The minimum Gasteiger partial charge on any atom is -0.508 e. The Hall–Kier alpha value is -5.76. The van der Waals surface area contributed by atoms with Gasteiger partial charge in [-0.15, -0.1) is 0 Å². The van der Waals surface area contributed by atoms with Crippen molar-refractivity contribution in [1.82, 2.24) is 0 Å². The lowest BCUT2D eigenvalue weighted by molar-refractivity contribution is 0.101. The maximum atomic E-state index is 11.5. The molecule has 7 nitrogen and oxygen atoms in total. The fraction of sp³-hybridized carbons (Fsp3) is 0.154. The molecule has 5 aromatic carbocycles. The summed E-state index contributed by atoms with van der Waals surface area (Å²) in [6.45, 7) is 6.47. The second-order valence-corrected chi connectivity index (χ2v) is 10.1. The van der Waals surface area contributed by atoms with Crippen molar-refractivity contribution in [2.45, 2.75) is 34.0 Å². The molecule has 244 valence electrons. The van der Waals surface area contributed by atoms with E-state index in [1.165, 1.54) is 12.1 Å². The highest BCUT2D eigenvalue weighted by Crippen LogP contribution is 2.23. The van der Waals surface area contributed by atoms with E-state index in [0.717, 1.165) is 34.6 Å². The van der Waals surface area contributed by atoms with Crippen LogP contribution in [0.5, 0.6) is 23.0 Å². The van der Waals surface area contributed by atoms with Gasteiger partial charge in [-0.2, -0.15) is 0 Å². The van der Waals surface area contributed by atoms with E-state index in [1.54, 1.807) is 13.0 Å². The van der Waals surface area contributed by atoms with Crippen LogP contribution in [-0.2, 0) is 13.2 Å². The molecule has 0 spiro atoms. The second kappa shape index (κ2) is 20.3. The van der Waals surface area contributed by atoms with Gasteiger partial charge in [-0.3, -0.25) is 18.8 Å². The number of rotatable bonds is 9. The number of carbonyl (C=O) groups is 3. The van der Waals surface area contributed by atoms with E-state index in [-0.39, 0.29) is 22.8 Å². The number of hydrogen-bond donors (Lipinski definition) is 2. The van der Waals surface area contributed by atoms with Gasteiger partial charge < -0.3 is 19.7 Å². The fourth-order valence-electron chi connectivity index (χ4n) is 4.01. The highest BCUT2D eigenvalue weighted by molar-refractivity contribution is 5.96. The maximum Gasteiger partial charge on any atom is 0.163 e. The normalized spacial score (nSPS) is 9.83. The third-order valence-corrected chi connectivity index (χ3v) is 6.43. The molecule has 0 heterocycles. The number of halogens is 1. The van der Waals surface area contributed by atoms with Crippen LogP contribution in [0.15, 0.2) is 115 Å². The van der Waals surface area contributed by atoms with Crippen molar-refractivity contribution < 1.29 is 39.8 Å². The molecule has 0 saturated carbocycles. The van der Waals surface area contributed by atoms with E-state index in [2.05, 4.69) is 0 Å². The van der Waals surface area contributed by atoms with Crippen molar-refractivity contribution >= 4 is 18.4 Å². The lowest BCUT2D eigenvalue weighted by atomic mass is 10.1. The first kappa shape index (κ1) is 35.7. The average Bonchev–Trinajstić information content (AvgIpc) is 3.08. The van der Waals surface area contributed by atoms with Gasteiger partial charge in [-0.05, 0) is 79.4 Å². The lowest BCUT2D eigenvalue weighted by Crippen LogP contribution is -2.01. The van der Waals surface area contributed by atoms with Crippen LogP contribution in [0.1, 0.15) is 61.6 Å². The molecule has 0 aliphatic rings. The predicted octanol–water partition coefficient (Wildman–Crippen LogP) is 8.66. The molecular formula is C39H39FO7. The second-order valence-electron chi connectivity index (χ2n) is 10.1. The first-order valence-corrected chi connectivity index (χ1v) is 14.4. The molecule has 0 saturated heterocycles. The molecular weight excluding hydrogens is 599 g/mol. The number of hydrogen-bond acceptors (Lipinski definition) is 7. The van der Waals surface area contributed by atoms with E-state index in [9.17, 15) is 18.8 Å².